The molecule has 0 spiro atoms. The lowest BCUT2D eigenvalue weighted by molar-refractivity contribution is 0.324. The molecule has 0 radical (unpaired) electrons. The molecule has 0 aliphatic heterocycles. The molecule has 4 aromatic rings. The minimum absolute atomic E-state index is 0. The Hall–Kier alpha value is -3.25. The quantitative estimate of drug-likeness (QED) is 0.375. The van der Waals surface area contributed by atoms with Crippen molar-refractivity contribution >= 4 is 33.6 Å². The maximum Gasteiger partial charge on any atom is 0.225 e. The highest BCUT2D eigenvalue weighted by molar-refractivity contribution is 5.90. The first-order chi connectivity index (χ1) is 16.2. The summed E-state index contributed by atoms with van der Waals surface area (Å²) in [6.07, 6.45) is 6.65. The maximum absolute atomic E-state index is 4.81. The van der Waals surface area contributed by atoms with Crippen LogP contribution in [0.25, 0.3) is 21.8 Å². The van der Waals surface area contributed by atoms with E-state index in [1.807, 2.05) is 38.5 Å². The highest BCUT2D eigenvalue weighted by Crippen LogP contribution is 2.28. The molecule has 178 valence electrons. The molecule has 0 atom stereocenters. The Labute approximate surface area is 202 Å². The van der Waals surface area contributed by atoms with Gasteiger partial charge in [0.05, 0.1) is 11.0 Å². The second kappa shape index (κ2) is 10.8. The van der Waals surface area contributed by atoms with E-state index in [1.54, 1.807) is 0 Å². The fraction of sp³-hybridized carbons (Fsp3) is 0.393. The molecule has 34 heavy (non-hydrogen) atoms. The molecular weight excluding hydrogens is 420 g/mol. The van der Waals surface area contributed by atoms with Gasteiger partial charge in [0, 0.05) is 43.7 Å². The Morgan fingerprint density at radius 2 is 1.56 bits per heavy atom. The lowest BCUT2D eigenvalue weighted by Crippen LogP contribution is -2.31. The average Bonchev–Trinajstić information content (AvgIpc) is 2.85. The van der Waals surface area contributed by atoms with Gasteiger partial charge in [0.25, 0.3) is 0 Å². The Morgan fingerprint density at radius 3 is 2.32 bits per heavy atom. The topological polar surface area (TPSA) is 66.0 Å². The van der Waals surface area contributed by atoms with Gasteiger partial charge in [-0.25, -0.2) is 4.98 Å². The molecule has 0 amide bonds. The molecule has 0 bridgehead atoms. The normalized spacial score (nSPS) is 17.9. The first-order valence-electron chi connectivity index (χ1n) is 11.9. The summed E-state index contributed by atoms with van der Waals surface area (Å²) >= 11 is 0. The molecule has 6 nitrogen and oxygen atoms in total. The predicted molar refractivity (Wildman–Crippen MR) is 143 cm³/mol. The zero-order chi connectivity index (χ0) is 22.6. The zero-order valence-corrected chi connectivity index (χ0v) is 19.5. The molecule has 0 unspecified atom stereocenters. The molecule has 2 aromatic heterocycles. The molecule has 1 aliphatic rings. The van der Waals surface area contributed by atoms with E-state index in [9.17, 15) is 0 Å². The molecule has 2 aromatic carbocycles. The monoisotopic (exact) mass is 456 g/mol. The number of hydrogen-bond donors (Lipinski definition) is 2. The fourth-order valence-corrected chi connectivity index (χ4v) is 4.88. The van der Waals surface area contributed by atoms with E-state index in [4.69, 9.17) is 9.97 Å². The van der Waals surface area contributed by atoms with Crippen LogP contribution in [0.5, 0.6) is 0 Å². The Morgan fingerprint density at radius 1 is 0.853 bits per heavy atom. The summed E-state index contributed by atoms with van der Waals surface area (Å²) in [6, 6.07) is 19.1. The maximum atomic E-state index is 4.81. The van der Waals surface area contributed by atoms with E-state index in [2.05, 4.69) is 56.9 Å². The number of hydrogen-bond acceptors (Lipinski definition) is 6. The summed E-state index contributed by atoms with van der Waals surface area (Å²) in [5, 5.41) is 9.64. The summed E-state index contributed by atoms with van der Waals surface area (Å²) in [4.78, 5) is 16.1. The smallest absolute Gasteiger partial charge is 0.225 e. The lowest BCUT2D eigenvalue weighted by Gasteiger charge is -2.29. The highest BCUT2D eigenvalue weighted by atomic mass is 15.2. The Balaban J connectivity index is 0.00000274. The Kier molecular flexibility index (Phi) is 7.58. The first kappa shape index (κ1) is 23.9. The molecule has 1 fully saturated rings. The van der Waals surface area contributed by atoms with Crippen LogP contribution in [-0.2, 0) is 6.54 Å². The summed E-state index contributed by atoms with van der Waals surface area (Å²) < 4.78 is 0. The number of benzene rings is 2. The van der Waals surface area contributed by atoms with Gasteiger partial charge in [-0.3, -0.25) is 4.98 Å². The highest BCUT2D eigenvalue weighted by Gasteiger charge is 2.22. The van der Waals surface area contributed by atoms with Crippen LogP contribution in [0.3, 0.4) is 0 Å². The molecule has 2 N–H and O–H groups in total. The molecule has 0 saturated heterocycles. The van der Waals surface area contributed by atoms with Gasteiger partial charge in [-0.2, -0.15) is 4.98 Å². The number of nitrogens with zero attached hydrogens (tertiary/aromatic N) is 4. The van der Waals surface area contributed by atoms with Crippen molar-refractivity contribution in [1.82, 2.24) is 20.3 Å². The fourth-order valence-electron chi connectivity index (χ4n) is 4.88. The van der Waals surface area contributed by atoms with Crippen molar-refractivity contribution < 1.29 is 0 Å². The van der Waals surface area contributed by atoms with Gasteiger partial charge in [0.1, 0.15) is 5.82 Å². The van der Waals surface area contributed by atoms with Crippen LogP contribution in [0.15, 0.2) is 60.8 Å². The summed E-state index contributed by atoms with van der Waals surface area (Å²) in [5.74, 6) is 2.42. The van der Waals surface area contributed by atoms with Crippen molar-refractivity contribution in [2.45, 2.75) is 45.7 Å². The number of fused-ring (bicyclic) bond motifs is 2. The molecule has 5 rings (SSSR count). The summed E-state index contributed by atoms with van der Waals surface area (Å²) in [7, 11) is 4.07. The van der Waals surface area contributed by atoms with Crippen LogP contribution in [-0.4, -0.2) is 41.6 Å². The van der Waals surface area contributed by atoms with Gasteiger partial charge in [0.2, 0.25) is 5.95 Å². The second-order valence-corrected chi connectivity index (χ2v) is 9.26. The summed E-state index contributed by atoms with van der Waals surface area (Å²) in [5.41, 5.74) is 3.37. The third-order valence-electron chi connectivity index (χ3n) is 6.67. The second-order valence-electron chi connectivity index (χ2n) is 9.26. The largest absolute Gasteiger partial charge is 0.362 e. The van der Waals surface area contributed by atoms with Crippen molar-refractivity contribution in [3.8, 4) is 0 Å². The molecular formula is C28H36N6. The van der Waals surface area contributed by atoms with E-state index in [0.29, 0.717) is 12.0 Å². The van der Waals surface area contributed by atoms with E-state index in [-0.39, 0.29) is 7.43 Å². The van der Waals surface area contributed by atoms with E-state index in [0.717, 1.165) is 54.1 Å². The minimum Gasteiger partial charge on any atom is -0.362 e. The molecule has 1 aliphatic carbocycles. The third kappa shape index (κ3) is 5.28. The first-order valence-corrected chi connectivity index (χ1v) is 11.9. The summed E-state index contributed by atoms with van der Waals surface area (Å²) in [6.45, 7) is 1.94. The van der Waals surface area contributed by atoms with Gasteiger partial charge < -0.3 is 15.5 Å². The van der Waals surface area contributed by atoms with Crippen molar-refractivity contribution in [3.63, 3.8) is 0 Å². The van der Waals surface area contributed by atoms with E-state index >= 15 is 0 Å². The number of anilines is 2. The van der Waals surface area contributed by atoms with Gasteiger partial charge in [0.15, 0.2) is 0 Å². The number of para-hydroxylation sites is 2. The third-order valence-corrected chi connectivity index (χ3v) is 6.67. The standard InChI is InChI=1S/C27H32N6.CH4/c1-33(2)26-23-8-4-6-10-25(23)31-27(32-26)30-21-13-11-19(12-14-21)17-28-18-20-15-16-29-24-9-5-3-7-22(20)24;/h3-10,15-16,19,21,28H,11-14,17-18H2,1-2H3,(H,30,31,32);1H4. The minimum atomic E-state index is 0. The zero-order valence-electron chi connectivity index (χ0n) is 19.5. The predicted octanol–water partition coefficient (Wildman–Crippen LogP) is 5.64. The number of aromatic nitrogens is 3. The van der Waals surface area contributed by atoms with Crippen LogP contribution in [0.4, 0.5) is 11.8 Å². The van der Waals surface area contributed by atoms with E-state index < -0.39 is 0 Å². The van der Waals surface area contributed by atoms with Gasteiger partial charge >= 0.3 is 0 Å². The van der Waals surface area contributed by atoms with Gasteiger partial charge in [-0.05, 0) is 68.0 Å². The van der Waals surface area contributed by atoms with Crippen molar-refractivity contribution in [3.05, 3.63) is 66.4 Å². The lowest BCUT2D eigenvalue weighted by atomic mass is 9.86. The number of pyridine rings is 1. The SMILES string of the molecule is C.CN(C)c1nc(NC2CCC(CNCc3ccnc4ccccc34)CC2)nc2ccccc12. The molecule has 1 saturated carbocycles. The average molecular weight is 457 g/mol. The van der Waals surface area contributed by atoms with E-state index in [1.165, 1.54) is 23.8 Å². The van der Waals surface area contributed by atoms with Crippen LogP contribution < -0.4 is 15.5 Å². The van der Waals surface area contributed by atoms with Gasteiger partial charge in [-0.1, -0.05) is 37.8 Å². The molecule has 6 heteroatoms. The molecule has 2 heterocycles. The van der Waals surface area contributed by atoms with Crippen LogP contribution in [0, 0.1) is 5.92 Å². The van der Waals surface area contributed by atoms with Crippen molar-refractivity contribution in [1.29, 1.82) is 0 Å². The number of rotatable bonds is 7. The van der Waals surface area contributed by atoms with Gasteiger partial charge in [-0.15, -0.1) is 0 Å². The van der Waals surface area contributed by atoms with Crippen LogP contribution >= 0.6 is 0 Å². The van der Waals surface area contributed by atoms with Crippen LogP contribution in [0.1, 0.15) is 38.7 Å². The number of nitrogens with one attached hydrogen (secondary N) is 2. The Bertz CT molecular complexity index is 1220. The van der Waals surface area contributed by atoms with Crippen LogP contribution in [0.2, 0.25) is 0 Å². The van der Waals surface area contributed by atoms with Crippen molar-refractivity contribution in [2.75, 3.05) is 30.9 Å². The van der Waals surface area contributed by atoms with Crippen molar-refractivity contribution in [2.24, 2.45) is 5.92 Å².